The minimum atomic E-state index is -0.488. The molecule has 2 aromatic rings. The van der Waals surface area contributed by atoms with Crippen molar-refractivity contribution in [3.05, 3.63) is 57.0 Å². The Hall–Kier alpha value is -1.19. The molecule has 4 heteroatoms. The fraction of sp³-hybridized carbons (Fsp3) is 0.0833. The SMILES string of the molecule is O=C(Cc1ccc(Cl)c(F)c1)c1cccs1. The highest BCUT2D eigenvalue weighted by molar-refractivity contribution is 7.12. The molecule has 0 radical (unpaired) electrons. The van der Waals surface area contributed by atoms with Gasteiger partial charge in [0.1, 0.15) is 5.82 Å². The molecule has 0 N–H and O–H groups in total. The van der Waals surface area contributed by atoms with Crippen molar-refractivity contribution in [1.82, 2.24) is 0 Å². The van der Waals surface area contributed by atoms with Crippen LogP contribution >= 0.6 is 22.9 Å². The number of Topliss-reactive ketones (excluding diaryl/α,β-unsaturated/α-hetero) is 1. The zero-order chi connectivity index (χ0) is 11.5. The molecule has 0 aliphatic carbocycles. The predicted molar refractivity (Wildman–Crippen MR) is 63.8 cm³/mol. The van der Waals surface area contributed by atoms with Crippen LogP contribution in [-0.2, 0) is 6.42 Å². The Labute approximate surface area is 101 Å². The van der Waals surface area contributed by atoms with Gasteiger partial charge < -0.3 is 0 Å². The predicted octanol–water partition coefficient (Wildman–Crippen LogP) is 3.97. The van der Waals surface area contributed by atoms with E-state index in [1.807, 2.05) is 11.4 Å². The second-order valence-electron chi connectivity index (χ2n) is 3.33. The molecule has 1 aromatic heterocycles. The monoisotopic (exact) mass is 254 g/mol. The Balaban J connectivity index is 2.15. The third-order valence-corrected chi connectivity index (χ3v) is 3.36. The lowest BCUT2D eigenvalue weighted by molar-refractivity contribution is 0.0997. The van der Waals surface area contributed by atoms with Crippen molar-refractivity contribution >= 4 is 28.7 Å². The number of benzene rings is 1. The summed E-state index contributed by atoms with van der Waals surface area (Å²) in [7, 11) is 0. The second-order valence-corrected chi connectivity index (χ2v) is 4.68. The Morgan fingerprint density at radius 3 is 2.81 bits per heavy atom. The Morgan fingerprint density at radius 2 is 2.19 bits per heavy atom. The van der Waals surface area contributed by atoms with Crippen molar-refractivity contribution in [2.45, 2.75) is 6.42 Å². The van der Waals surface area contributed by atoms with Gasteiger partial charge in [-0.05, 0) is 29.1 Å². The highest BCUT2D eigenvalue weighted by Gasteiger charge is 2.09. The number of hydrogen-bond acceptors (Lipinski definition) is 2. The maximum absolute atomic E-state index is 13.1. The van der Waals surface area contributed by atoms with Gasteiger partial charge in [-0.25, -0.2) is 4.39 Å². The van der Waals surface area contributed by atoms with E-state index in [-0.39, 0.29) is 17.2 Å². The Bertz CT molecular complexity index is 508. The molecular formula is C12H8ClFOS. The molecule has 0 saturated heterocycles. The Morgan fingerprint density at radius 1 is 1.38 bits per heavy atom. The lowest BCUT2D eigenvalue weighted by Gasteiger charge is -2.00. The van der Waals surface area contributed by atoms with Gasteiger partial charge in [0.25, 0.3) is 0 Å². The molecule has 1 aromatic carbocycles. The van der Waals surface area contributed by atoms with E-state index in [4.69, 9.17) is 11.6 Å². The lowest BCUT2D eigenvalue weighted by Crippen LogP contribution is -2.01. The van der Waals surface area contributed by atoms with Crippen LogP contribution in [0.4, 0.5) is 4.39 Å². The third kappa shape index (κ3) is 2.49. The maximum Gasteiger partial charge on any atom is 0.177 e. The first-order valence-electron chi connectivity index (χ1n) is 4.67. The molecule has 0 saturated carbocycles. The first-order chi connectivity index (χ1) is 7.66. The molecule has 0 spiro atoms. The minimum Gasteiger partial charge on any atom is -0.293 e. The summed E-state index contributed by atoms with van der Waals surface area (Å²) in [6.45, 7) is 0. The number of carbonyl (C=O) groups excluding carboxylic acids is 1. The quantitative estimate of drug-likeness (QED) is 0.758. The smallest absolute Gasteiger partial charge is 0.177 e. The van der Waals surface area contributed by atoms with Crippen molar-refractivity contribution in [3.8, 4) is 0 Å². The van der Waals surface area contributed by atoms with Gasteiger partial charge in [0.2, 0.25) is 0 Å². The van der Waals surface area contributed by atoms with E-state index >= 15 is 0 Å². The molecule has 0 fully saturated rings. The molecule has 16 heavy (non-hydrogen) atoms. The van der Waals surface area contributed by atoms with Gasteiger partial charge >= 0.3 is 0 Å². The third-order valence-electron chi connectivity index (χ3n) is 2.14. The molecule has 0 amide bonds. The molecule has 0 unspecified atom stereocenters. The summed E-state index contributed by atoms with van der Waals surface area (Å²) >= 11 is 6.95. The summed E-state index contributed by atoms with van der Waals surface area (Å²) in [5.74, 6) is -0.491. The highest BCUT2D eigenvalue weighted by atomic mass is 35.5. The number of carbonyl (C=O) groups is 1. The normalized spacial score (nSPS) is 10.4. The van der Waals surface area contributed by atoms with Gasteiger partial charge in [0, 0.05) is 6.42 Å². The van der Waals surface area contributed by atoms with E-state index in [9.17, 15) is 9.18 Å². The zero-order valence-electron chi connectivity index (χ0n) is 8.24. The number of rotatable bonds is 3. The van der Waals surface area contributed by atoms with Gasteiger partial charge in [0.05, 0.1) is 9.90 Å². The van der Waals surface area contributed by atoms with Crippen LogP contribution in [0.25, 0.3) is 0 Å². The van der Waals surface area contributed by atoms with Crippen molar-refractivity contribution in [2.75, 3.05) is 0 Å². The Kier molecular flexibility index (Phi) is 3.36. The van der Waals surface area contributed by atoms with E-state index in [1.165, 1.54) is 23.5 Å². The molecule has 2 rings (SSSR count). The van der Waals surface area contributed by atoms with Crippen LogP contribution in [0.3, 0.4) is 0 Å². The molecule has 0 aliphatic heterocycles. The number of hydrogen-bond donors (Lipinski definition) is 0. The van der Waals surface area contributed by atoms with Crippen LogP contribution in [0.2, 0.25) is 5.02 Å². The van der Waals surface area contributed by atoms with Crippen LogP contribution in [0.15, 0.2) is 35.7 Å². The average molecular weight is 255 g/mol. The van der Waals surface area contributed by atoms with Crippen molar-refractivity contribution in [2.24, 2.45) is 0 Å². The summed E-state index contributed by atoms with van der Waals surface area (Å²) in [6.07, 6.45) is 0.203. The van der Waals surface area contributed by atoms with Gasteiger partial charge in [-0.2, -0.15) is 0 Å². The summed E-state index contributed by atoms with van der Waals surface area (Å²) in [5, 5.41) is 1.92. The summed E-state index contributed by atoms with van der Waals surface area (Å²) in [4.78, 5) is 12.4. The van der Waals surface area contributed by atoms with E-state index < -0.39 is 5.82 Å². The number of ketones is 1. The lowest BCUT2D eigenvalue weighted by atomic mass is 10.1. The summed E-state index contributed by atoms with van der Waals surface area (Å²) in [5.41, 5.74) is 0.639. The van der Waals surface area contributed by atoms with Gasteiger partial charge in [-0.1, -0.05) is 23.7 Å². The van der Waals surface area contributed by atoms with Crippen molar-refractivity contribution < 1.29 is 9.18 Å². The van der Waals surface area contributed by atoms with E-state index in [0.717, 1.165) is 0 Å². The number of thiophene rings is 1. The van der Waals surface area contributed by atoms with Crippen LogP contribution < -0.4 is 0 Å². The van der Waals surface area contributed by atoms with E-state index in [2.05, 4.69) is 0 Å². The zero-order valence-corrected chi connectivity index (χ0v) is 9.82. The van der Waals surface area contributed by atoms with E-state index in [1.54, 1.807) is 12.1 Å². The first kappa shape index (κ1) is 11.3. The highest BCUT2D eigenvalue weighted by Crippen LogP contribution is 2.18. The first-order valence-corrected chi connectivity index (χ1v) is 5.93. The average Bonchev–Trinajstić information content (AvgIpc) is 2.77. The minimum absolute atomic E-state index is 0.00303. The van der Waals surface area contributed by atoms with Crippen molar-refractivity contribution in [1.29, 1.82) is 0 Å². The molecule has 0 aliphatic rings. The van der Waals surface area contributed by atoms with Crippen LogP contribution in [0.5, 0.6) is 0 Å². The molecule has 0 atom stereocenters. The fourth-order valence-electron chi connectivity index (χ4n) is 1.36. The second kappa shape index (κ2) is 4.76. The van der Waals surface area contributed by atoms with Gasteiger partial charge in [-0.3, -0.25) is 4.79 Å². The molecular weight excluding hydrogens is 247 g/mol. The summed E-state index contributed by atoms with van der Waals surface area (Å²) in [6, 6.07) is 8.01. The van der Waals surface area contributed by atoms with Crippen molar-refractivity contribution in [3.63, 3.8) is 0 Å². The van der Waals surface area contributed by atoms with Crippen LogP contribution in [0.1, 0.15) is 15.2 Å². The number of halogens is 2. The summed E-state index contributed by atoms with van der Waals surface area (Å²) < 4.78 is 13.1. The molecule has 1 nitrogen and oxygen atoms in total. The van der Waals surface area contributed by atoms with Gasteiger partial charge in [-0.15, -0.1) is 11.3 Å². The topological polar surface area (TPSA) is 17.1 Å². The van der Waals surface area contributed by atoms with Crippen LogP contribution in [-0.4, -0.2) is 5.78 Å². The molecule has 1 heterocycles. The van der Waals surface area contributed by atoms with Crippen LogP contribution in [0, 0.1) is 5.82 Å². The standard InChI is InChI=1S/C12H8ClFOS/c13-9-4-3-8(6-10(9)14)7-11(15)12-2-1-5-16-12/h1-6H,7H2. The fourth-order valence-corrected chi connectivity index (χ4v) is 2.14. The molecule has 0 bridgehead atoms. The maximum atomic E-state index is 13.1. The van der Waals surface area contributed by atoms with Gasteiger partial charge in [0.15, 0.2) is 5.78 Å². The molecule has 82 valence electrons. The largest absolute Gasteiger partial charge is 0.293 e. The van der Waals surface area contributed by atoms with E-state index in [0.29, 0.717) is 10.4 Å².